The molecule has 232 valence electrons. The number of benzene rings is 1. The van der Waals surface area contributed by atoms with Crippen molar-refractivity contribution in [2.75, 3.05) is 43.0 Å². The lowest BCUT2D eigenvalue weighted by atomic mass is 10.0. The SMILES string of the molecule is O=C(Cn1cc(NC2(c3cnn4cccnc34)OO2)c(-c2cc(Cl)ccc2OC(F)F)n1)N1CCC(N2CCSCC2)CC1. The number of carbonyl (C=O) groups is 1. The quantitative estimate of drug-likeness (QED) is 0.211. The van der Waals surface area contributed by atoms with Crippen molar-refractivity contribution in [2.24, 2.45) is 0 Å². The summed E-state index contributed by atoms with van der Waals surface area (Å²) in [5.74, 6) is 0.610. The van der Waals surface area contributed by atoms with E-state index in [1.807, 2.05) is 16.7 Å². The van der Waals surface area contributed by atoms with Gasteiger partial charge in [-0.15, -0.1) is 0 Å². The molecular formula is C28H29ClF2N8O4S. The Kier molecular flexibility index (Phi) is 8.05. The second-order valence-corrected chi connectivity index (χ2v) is 12.4. The molecule has 44 heavy (non-hydrogen) atoms. The molecule has 0 atom stereocenters. The number of amides is 1. The van der Waals surface area contributed by atoms with Crippen LogP contribution >= 0.6 is 23.4 Å². The summed E-state index contributed by atoms with van der Waals surface area (Å²) in [6.45, 7) is 0.386. The van der Waals surface area contributed by atoms with Crippen molar-refractivity contribution < 1.29 is 28.1 Å². The van der Waals surface area contributed by atoms with Crippen molar-refractivity contribution in [3.8, 4) is 17.0 Å². The molecule has 1 aromatic carbocycles. The number of nitrogens with one attached hydrogen (secondary N) is 1. The Labute approximate surface area is 260 Å². The summed E-state index contributed by atoms with van der Waals surface area (Å²) >= 11 is 8.26. The van der Waals surface area contributed by atoms with E-state index in [2.05, 4.69) is 25.4 Å². The Morgan fingerprint density at radius 1 is 1.20 bits per heavy atom. The first-order chi connectivity index (χ1) is 21.4. The van der Waals surface area contributed by atoms with Gasteiger partial charge in [0.1, 0.15) is 23.6 Å². The molecule has 0 radical (unpaired) electrons. The van der Waals surface area contributed by atoms with Crippen molar-refractivity contribution in [3.05, 3.63) is 59.6 Å². The Bertz CT molecular complexity index is 1650. The van der Waals surface area contributed by atoms with Crippen molar-refractivity contribution in [2.45, 2.75) is 38.0 Å². The minimum absolute atomic E-state index is 0.0573. The van der Waals surface area contributed by atoms with Gasteiger partial charge < -0.3 is 15.0 Å². The van der Waals surface area contributed by atoms with Crippen LogP contribution in [0, 0.1) is 0 Å². The van der Waals surface area contributed by atoms with E-state index in [9.17, 15) is 13.6 Å². The number of aromatic nitrogens is 5. The highest BCUT2D eigenvalue weighted by Gasteiger charge is 2.54. The molecule has 12 nitrogen and oxygen atoms in total. The zero-order valence-electron chi connectivity index (χ0n) is 23.4. The summed E-state index contributed by atoms with van der Waals surface area (Å²) in [5.41, 5.74) is 1.70. The van der Waals surface area contributed by atoms with Crippen molar-refractivity contribution in [1.29, 1.82) is 0 Å². The zero-order chi connectivity index (χ0) is 30.3. The first-order valence-corrected chi connectivity index (χ1v) is 15.8. The number of rotatable bonds is 9. The highest BCUT2D eigenvalue weighted by molar-refractivity contribution is 7.99. The molecule has 3 aliphatic heterocycles. The predicted molar refractivity (Wildman–Crippen MR) is 158 cm³/mol. The number of halogens is 3. The first-order valence-electron chi connectivity index (χ1n) is 14.2. The molecule has 0 bridgehead atoms. The van der Waals surface area contributed by atoms with Crippen LogP contribution in [0.25, 0.3) is 16.9 Å². The number of carbonyl (C=O) groups excluding carboxylic acids is 1. The fourth-order valence-corrected chi connectivity index (χ4v) is 6.92. The number of alkyl halides is 2. The number of likely N-dealkylation sites (tertiary alicyclic amines) is 1. The number of nitrogens with zero attached hydrogens (tertiary/aromatic N) is 7. The summed E-state index contributed by atoms with van der Waals surface area (Å²) in [6, 6.07) is 6.49. The molecule has 3 saturated heterocycles. The van der Waals surface area contributed by atoms with Crippen LogP contribution in [-0.4, -0.2) is 90.4 Å². The topological polar surface area (TPSA) is 118 Å². The minimum atomic E-state index is -3.08. The molecule has 0 unspecified atom stereocenters. The Hall–Kier alpha value is -3.50. The van der Waals surface area contributed by atoms with Gasteiger partial charge in [0.25, 0.3) is 0 Å². The maximum atomic E-state index is 13.4. The normalized spacial score (nSPS) is 19.0. The molecule has 0 aliphatic carbocycles. The largest absolute Gasteiger partial charge is 0.434 e. The number of piperidine rings is 1. The van der Waals surface area contributed by atoms with Gasteiger partial charge in [0.2, 0.25) is 5.91 Å². The van der Waals surface area contributed by atoms with Crippen LogP contribution < -0.4 is 10.1 Å². The van der Waals surface area contributed by atoms with E-state index in [4.69, 9.17) is 26.1 Å². The van der Waals surface area contributed by atoms with Gasteiger partial charge in [-0.05, 0) is 37.1 Å². The second-order valence-electron chi connectivity index (χ2n) is 10.7. The second kappa shape index (κ2) is 12.1. The highest BCUT2D eigenvalue weighted by Crippen LogP contribution is 2.45. The van der Waals surface area contributed by atoms with E-state index >= 15 is 0 Å². The highest BCUT2D eigenvalue weighted by atomic mass is 35.5. The molecule has 4 aromatic rings. The summed E-state index contributed by atoms with van der Waals surface area (Å²) < 4.78 is 34.5. The third kappa shape index (κ3) is 5.94. The Balaban J connectivity index is 1.16. The molecule has 0 saturated carbocycles. The van der Waals surface area contributed by atoms with Gasteiger partial charge in [0.15, 0.2) is 5.65 Å². The maximum absolute atomic E-state index is 13.4. The molecule has 6 heterocycles. The molecule has 3 aromatic heterocycles. The van der Waals surface area contributed by atoms with Gasteiger partial charge in [-0.1, -0.05) is 11.6 Å². The summed E-state index contributed by atoms with van der Waals surface area (Å²) in [5, 5.41) is 12.4. The summed E-state index contributed by atoms with van der Waals surface area (Å²) in [4.78, 5) is 33.0. The van der Waals surface area contributed by atoms with Gasteiger partial charge in [0.05, 0.1) is 11.9 Å². The average molecular weight is 647 g/mol. The van der Waals surface area contributed by atoms with Crippen LogP contribution in [0.2, 0.25) is 5.02 Å². The third-order valence-corrected chi connectivity index (χ3v) is 9.21. The number of ether oxygens (including phenoxy) is 1. The van der Waals surface area contributed by atoms with E-state index < -0.39 is 12.5 Å². The van der Waals surface area contributed by atoms with E-state index in [0.29, 0.717) is 36.0 Å². The number of thioether (sulfide) groups is 1. The van der Waals surface area contributed by atoms with Crippen molar-refractivity contribution in [3.63, 3.8) is 0 Å². The smallest absolute Gasteiger partial charge is 0.387 e. The van der Waals surface area contributed by atoms with E-state index in [-0.39, 0.29) is 34.5 Å². The van der Waals surface area contributed by atoms with Gasteiger partial charge >= 0.3 is 12.5 Å². The van der Waals surface area contributed by atoms with Gasteiger partial charge in [0, 0.05) is 72.9 Å². The number of hydrogen-bond acceptors (Lipinski definition) is 10. The monoisotopic (exact) mass is 646 g/mol. The minimum Gasteiger partial charge on any atom is -0.434 e. The van der Waals surface area contributed by atoms with E-state index in [0.717, 1.165) is 37.4 Å². The lowest BCUT2D eigenvalue weighted by Gasteiger charge is -2.40. The van der Waals surface area contributed by atoms with Crippen LogP contribution in [0.4, 0.5) is 14.5 Å². The fourth-order valence-electron chi connectivity index (χ4n) is 5.82. The average Bonchev–Trinajstić information content (AvgIpc) is 3.49. The maximum Gasteiger partial charge on any atom is 0.387 e. The molecule has 3 fully saturated rings. The van der Waals surface area contributed by atoms with E-state index in [1.54, 1.807) is 35.4 Å². The van der Waals surface area contributed by atoms with Gasteiger partial charge in [-0.25, -0.2) is 9.50 Å². The number of hydrogen-bond donors (Lipinski definition) is 1. The molecule has 7 rings (SSSR count). The predicted octanol–water partition coefficient (Wildman–Crippen LogP) is 4.07. The summed E-state index contributed by atoms with van der Waals surface area (Å²) in [6.07, 6.45) is 8.34. The lowest BCUT2D eigenvalue weighted by Crippen LogP contribution is -2.49. The van der Waals surface area contributed by atoms with E-state index in [1.165, 1.54) is 22.9 Å². The number of anilines is 1. The molecule has 1 amide bonds. The van der Waals surface area contributed by atoms with Crippen LogP contribution in [0.3, 0.4) is 0 Å². The van der Waals surface area contributed by atoms with Crippen molar-refractivity contribution >= 4 is 40.6 Å². The standard InChI is InChI=1S/C28H29ClF2N8O4S/c29-18-2-3-23(41-27(30)31)20(14-18)25-22(34-28(42-43-28)21-15-33-39-7-1-6-32-26(21)39)16-38(35-25)17-24(40)37-8-4-19(5-9-37)36-10-12-44-13-11-36/h1-3,6-7,14-16,19,27,34H,4-5,8-13,17H2. The van der Waals surface area contributed by atoms with Gasteiger partial charge in [-0.2, -0.15) is 40.5 Å². The Morgan fingerprint density at radius 2 is 2.00 bits per heavy atom. The van der Waals surface area contributed by atoms with Crippen LogP contribution in [0.5, 0.6) is 5.75 Å². The Morgan fingerprint density at radius 3 is 2.75 bits per heavy atom. The molecular weight excluding hydrogens is 618 g/mol. The lowest BCUT2D eigenvalue weighted by molar-refractivity contribution is -0.133. The molecule has 0 spiro atoms. The summed E-state index contributed by atoms with van der Waals surface area (Å²) in [7, 11) is 0. The van der Waals surface area contributed by atoms with Crippen LogP contribution in [0.1, 0.15) is 18.4 Å². The number of fused-ring (bicyclic) bond motifs is 1. The van der Waals surface area contributed by atoms with Crippen molar-refractivity contribution in [1.82, 2.24) is 34.2 Å². The third-order valence-electron chi connectivity index (χ3n) is 8.03. The van der Waals surface area contributed by atoms with Crippen LogP contribution in [0.15, 0.2) is 49.1 Å². The van der Waals surface area contributed by atoms with Crippen LogP contribution in [-0.2, 0) is 27.0 Å². The molecule has 3 aliphatic rings. The first kappa shape index (κ1) is 29.2. The molecule has 16 heteroatoms. The molecule has 1 N–H and O–H groups in total. The zero-order valence-corrected chi connectivity index (χ0v) is 25.0. The van der Waals surface area contributed by atoms with Gasteiger partial charge in [-0.3, -0.25) is 14.4 Å². The fraction of sp³-hybridized carbons (Fsp3) is 0.429.